The van der Waals surface area contributed by atoms with Gasteiger partial charge in [-0.25, -0.2) is 14.7 Å². The first kappa shape index (κ1) is 10.7. The molecule has 13 heavy (non-hydrogen) atoms. The largest absolute Gasteiger partial charge is 0.345 e. The van der Waals surface area contributed by atoms with Crippen molar-refractivity contribution in [3.63, 3.8) is 0 Å². The highest BCUT2D eigenvalue weighted by molar-refractivity contribution is 4.83. The first-order valence-electron chi connectivity index (χ1n) is 4.59. The lowest BCUT2D eigenvalue weighted by molar-refractivity contribution is -0.944. The summed E-state index contributed by atoms with van der Waals surface area (Å²) < 4.78 is 0.493. The Balaban J connectivity index is 2.89. The van der Waals surface area contributed by atoms with E-state index in [-0.39, 0.29) is 6.29 Å². The van der Waals surface area contributed by atoms with Crippen LogP contribution in [-0.2, 0) is 0 Å². The molecule has 0 amide bonds. The molecule has 3 unspecified atom stereocenters. The van der Waals surface area contributed by atoms with Gasteiger partial charge in [0.1, 0.15) is 0 Å². The Bertz CT molecular complexity index is 203. The van der Waals surface area contributed by atoms with Crippen LogP contribution in [0.2, 0.25) is 0 Å². The molecule has 1 aliphatic heterocycles. The smallest absolute Gasteiger partial charge is 0.208 e. The molecule has 0 aliphatic carbocycles. The molecule has 0 spiro atoms. The quantitative estimate of drug-likeness (QED) is 0.583. The van der Waals surface area contributed by atoms with Crippen molar-refractivity contribution in [3.05, 3.63) is 12.3 Å². The van der Waals surface area contributed by atoms with Crippen LogP contribution >= 0.6 is 0 Å². The van der Waals surface area contributed by atoms with Crippen LogP contribution in [0.25, 0.3) is 0 Å². The number of aliphatic hydroxyl groups excluding tert-OH is 1. The molecule has 0 saturated heterocycles. The van der Waals surface area contributed by atoms with Crippen molar-refractivity contribution in [1.82, 2.24) is 10.2 Å². The van der Waals surface area contributed by atoms with E-state index in [9.17, 15) is 5.11 Å². The van der Waals surface area contributed by atoms with Gasteiger partial charge in [0.2, 0.25) is 6.29 Å². The highest BCUT2D eigenvalue weighted by atomic mass is 16.3. The van der Waals surface area contributed by atoms with E-state index in [2.05, 4.69) is 10.2 Å². The van der Waals surface area contributed by atoms with E-state index in [1.165, 1.54) is 0 Å². The highest BCUT2D eigenvalue weighted by Gasteiger charge is 2.38. The number of aliphatic hydroxyl groups is 1. The minimum absolute atomic E-state index is 0.144. The average molecular weight is 186 g/mol. The summed E-state index contributed by atoms with van der Waals surface area (Å²) in [6, 6.07) is 0. The fourth-order valence-corrected chi connectivity index (χ4v) is 1.74. The fraction of sp³-hybridized carbons (Fsp3) is 0.778. The molecule has 0 radical (unpaired) electrons. The van der Waals surface area contributed by atoms with Crippen LogP contribution in [0.4, 0.5) is 0 Å². The third-order valence-electron chi connectivity index (χ3n) is 2.67. The molecule has 3 atom stereocenters. The van der Waals surface area contributed by atoms with Gasteiger partial charge in [0.15, 0.2) is 6.23 Å². The number of hydrogen-bond donors (Lipinski definition) is 2. The predicted octanol–water partition coefficient (Wildman–Crippen LogP) is -0.267. The lowest BCUT2D eigenvalue weighted by Gasteiger charge is -2.45. The van der Waals surface area contributed by atoms with Gasteiger partial charge in [-0.05, 0) is 20.2 Å². The van der Waals surface area contributed by atoms with Crippen LogP contribution in [0.15, 0.2) is 12.3 Å². The van der Waals surface area contributed by atoms with Crippen LogP contribution < -0.4 is 5.32 Å². The molecule has 76 valence electrons. The van der Waals surface area contributed by atoms with Crippen molar-refractivity contribution in [1.29, 1.82) is 0 Å². The molecule has 0 aromatic carbocycles. The molecule has 4 heteroatoms. The maximum absolute atomic E-state index is 9.71. The Morgan fingerprint density at radius 3 is 2.62 bits per heavy atom. The Labute approximate surface area is 80.0 Å². The second-order valence-corrected chi connectivity index (χ2v) is 3.98. The van der Waals surface area contributed by atoms with Gasteiger partial charge in [0, 0.05) is 13.5 Å². The summed E-state index contributed by atoms with van der Waals surface area (Å²) >= 11 is 0. The number of rotatable bonds is 2. The third kappa shape index (κ3) is 1.91. The topological polar surface area (TPSA) is 35.5 Å². The number of hydrogen-bond acceptors (Lipinski definition) is 3. The van der Waals surface area contributed by atoms with Crippen LogP contribution in [0, 0.1) is 0 Å². The first-order valence-corrected chi connectivity index (χ1v) is 4.59. The zero-order chi connectivity index (χ0) is 10.1. The van der Waals surface area contributed by atoms with Gasteiger partial charge in [0.05, 0.1) is 13.2 Å². The molecule has 0 aromatic rings. The van der Waals surface area contributed by atoms with Crippen molar-refractivity contribution in [2.24, 2.45) is 0 Å². The Morgan fingerprint density at radius 2 is 2.23 bits per heavy atom. The minimum atomic E-state index is -0.406. The molecule has 0 fully saturated rings. The van der Waals surface area contributed by atoms with Crippen LogP contribution in [0.3, 0.4) is 0 Å². The van der Waals surface area contributed by atoms with E-state index in [1.807, 2.05) is 40.3 Å². The maximum atomic E-state index is 9.71. The molecular formula is C9H20N3O+. The Hall–Kier alpha value is -0.420. The fourth-order valence-electron chi connectivity index (χ4n) is 1.74. The standard InChI is InChI=1S/C9H20N3O/c1-8(13)12(4)7-5-6-10-9(12)11(2)3/h5,7-10,13H,6H2,1-4H3/q+1. The lowest BCUT2D eigenvalue weighted by Crippen LogP contribution is -2.66. The molecule has 0 aromatic heterocycles. The van der Waals surface area contributed by atoms with Crippen molar-refractivity contribution >= 4 is 0 Å². The Kier molecular flexibility index (Phi) is 3.08. The van der Waals surface area contributed by atoms with Gasteiger partial charge in [-0.1, -0.05) is 0 Å². The van der Waals surface area contributed by atoms with Crippen molar-refractivity contribution < 1.29 is 9.59 Å². The molecule has 4 nitrogen and oxygen atoms in total. The second kappa shape index (κ2) is 3.75. The third-order valence-corrected chi connectivity index (χ3v) is 2.67. The van der Waals surface area contributed by atoms with Gasteiger partial charge < -0.3 is 5.11 Å². The summed E-state index contributed by atoms with van der Waals surface area (Å²) in [7, 11) is 6.03. The zero-order valence-corrected chi connectivity index (χ0v) is 8.86. The SMILES string of the molecule is CC(O)[N+]1(C)C=CCNC1N(C)C. The number of quaternary nitrogens is 1. The molecule has 1 aliphatic rings. The van der Waals surface area contributed by atoms with E-state index in [4.69, 9.17) is 0 Å². The molecular weight excluding hydrogens is 166 g/mol. The number of nitrogens with zero attached hydrogens (tertiary/aromatic N) is 2. The maximum Gasteiger partial charge on any atom is 0.208 e. The monoisotopic (exact) mass is 186 g/mol. The van der Waals surface area contributed by atoms with Gasteiger partial charge in [-0.3, -0.25) is 0 Å². The van der Waals surface area contributed by atoms with E-state index in [1.54, 1.807) is 0 Å². The van der Waals surface area contributed by atoms with E-state index < -0.39 is 6.23 Å². The molecule has 2 N–H and O–H groups in total. The van der Waals surface area contributed by atoms with Crippen molar-refractivity contribution in [2.75, 3.05) is 27.7 Å². The van der Waals surface area contributed by atoms with Gasteiger partial charge in [0.25, 0.3) is 0 Å². The van der Waals surface area contributed by atoms with Gasteiger partial charge in [-0.15, -0.1) is 0 Å². The summed E-state index contributed by atoms with van der Waals surface area (Å²) in [5.74, 6) is 0. The summed E-state index contributed by atoms with van der Waals surface area (Å²) in [6.45, 7) is 2.68. The van der Waals surface area contributed by atoms with Gasteiger partial charge in [-0.2, -0.15) is 0 Å². The lowest BCUT2D eigenvalue weighted by atomic mass is 10.3. The van der Waals surface area contributed by atoms with Crippen LogP contribution in [-0.4, -0.2) is 54.7 Å². The average Bonchev–Trinajstić information content (AvgIpc) is 2.04. The molecule has 1 heterocycles. The van der Waals surface area contributed by atoms with Crippen molar-refractivity contribution in [2.45, 2.75) is 19.4 Å². The van der Waals surface area contributed by atoms with Crippen molar-refractivity contribution in [3.8, 4) is 0 Å². The van der Waals surface area contributed by atoms with Crippen LogP contribution in [0.1, 0.15) is 6.92 Å². The highest BCUT2D eigenvalue weighted by Crippen LogP contribution is 2.18. The van der Waals surface area contributed by atoms with E-state index >= 15 is 0 Å². The van der Waals surface area contributed by atoms with Gasteiger partial charge >= 0.3 is 0 Å². The minimum Gasteiger partial charge on any atom is -0.345 e. The predicted molar refractivity (Wildman–Crippen MR) is 52.5 cm³/mol. The molecule has 0 bridgehead atoms. The van der Waals surface area contributed by atoms with E-state index in [0.29, 0.717) is 4.48 Å². The van der Waals surface area contributed by atoms with E-state index in [0.717, 1.165) is 6.54 Å². The number of nitrogens with one attached hydrogen (secondary N) is 1. The first-order chi connectivity index (χ1) is 5.98. The summed E-state index contributed by atoms with van der Waals surface area (Å²) in [5, 5.41) is 13.1. The normalized spacial score (nSPS) is 36.6. The summed E-state index contributed by atoms with van der Waals surface area (Å²) in [4.78, 5) is 2.08. The summed E-state index contributed by atoms with van der Waals surface area (Å²) in [5.41, 5.74) is 0. The van der Waals surface area contributed by atoms with Crippen LogP contribution in [0.5, 0.6) is 0 Å². The zero-order valence-electron chi connectivity index (χ0n) is 8.86. The Morgan fingerprint density at radius 1 is 1.62 bits per heavy atom. The molecule has 0 saturated carbocycles. The summed E-state index contributed by atoms with van der Waals surface area (Å²) in [6.07, 6.45) is 3.83. The molecule has 1 rings (SSSR count). The second-order valence-electron chi connectivity index (χ2n) is 3.98.